The first kappa shape index (κ1) is 14.9. The van der Waals surface area contributed by atoms with E-state index in [9.17, 15) is 5.26 Å². The van der Waals surface area contributed by atoms with Gasteiger partial charge in [-0.1, -0.05) is 41.4 Å². The molecule has 118 valence electrons. The number of nitrogens with two attached hydrogens (primary N) is 1. The van der Waals surface area contributed by atoms with Gasteiger partial charge in [0.25, 0.3) is 0 Å². The van der Waals surface area contributed by atoms with E-state index in [2.05, 4.69) is 16.4 Å². The van der Waals surface area contributed by atoms with Crippen LogP contribution in [-0.2, 0) is 0 Å². The molecule has 0 amide bonds. The van der Waals surface area contributed by atoms with Crippen LogP contribution in [0.4, 0.5) is 5.95 Å². The molecule has 4 rings (SSSR count). The Kier molecular flexibility index (Phi) is 3.38. The molecular formula is C17H11Cl2N5. The first-order valence-corrected chi connectivity index (χ1v) is 7.95. The van der Waals surface area contributed by atoms with Crippen LogP contribution in [0, 0.1) is 11.3 Å². The van der Waals surface area contributed by atoms with Crippen molar-refractivity contribution in [1.29, 1.82) is 5.26 Å². The zero-order valence-electron chi connectivity index (χ0n) is 12.3. The van der Waals surface area contributed by atoms with Gasteiger partial charge < -0.3 is 11.1 Å². The molecule has 2 heterocycles. The number of benzene rings is 2. The second-order valence-electron chi connectivity index (χ2n) is 5.40. The van der Waals surface area contributed by atoms with Crippen LogP contribution in [-0.4, -0.2) is 9.55 Å². The normalized spacial score (nSPS) is 16.6. The molecule has 2 aromatic carbocycles. The number of fused-ring (bicyclic) bond motifs is 3. The molecule has 3 N–H and O–H groups in total. The van der Waals surface area contributed by atoms with E-state index in [1.165, 1.54) is 0 Å². The lowest BCUT2D eigenvalue weighted by Gasteiger charge is -2.28. The van der Waals surface area contributed by atoms with E-state index in [0.29, 0.717) is 27.1 Å². The van der Waals surface area contributed by atoms with Crippen molar-refractivity contribution >= 4 is 40.2 Å². The van der Waals surface area contributed by atoms with Crippen molar-refractivity contribution in [2.24, 2.45) is 5.73 Å². The van der Waals surface area contributed by atoms with Crippen LogP contribution in [0.1, 0.15) is 11.6 Å². The van der Waals surface area contributed by atoms with Gasteiger partial charge in [-0.25, -0.2) is 4.98 Å². The summed E-state index contributed by atoms with van der Waals surface area (Å²) < 4.78 is 1.90. The summed E-state index contributed by atoms with van der Waals surface area (Å²) in [6, 6.07) is 14.5. The summed E-state index contributed by atoms with van der Waals surface area (Å²) in [6.07, 6.45) is 0. The fraction of sp³-hybridized carbons (Fsp3) is 0.0588. The molecular weight excluding hydrogens is 345 g/mol. The van der Waals surface area contributed by atoms with Gasteiger partial charge >= 0.3 is 0 Å². The van der Waals surface area contributed by atoms with Gasteiger partial charge in [-0.3, -0.25) is 4.57 Å². The predicted octanol–water partition coefficient (Wildman–Crippen LogP) is 4.05. The fourth-order valence-corrected chi connectivity index (χ4v) is 3.63. The van der Waals surface area contributed by atoms with Gasteiger partial charge in [-0.05, 0) is 24.3 Å². The maximum atomic E-state index is 9.66. The van der Waals surface area contributed by atoms with E-state index in [-0.39, 0.29) is 5.82 Å². The number of allylic oxidation sites excluding steroid dienone is 1. The molecule has 0 bridgehead atoms. The molecule has 0 fully saturated rings. The Balaban J connectivity index is 2.10. The summed E-state index contributed by atoms with van der Waals surface area (Å²) in [5.41, 5.74) is 8.69. The lowest BCUT2D eigenvalue weighted by atomic mass is 9.97. The molecule has 1 aliphatic heterocycles. The summed E-state index contributed by atoms with van der Waals surface area (Å²) in [7, 11) is 0. The molecule has 0 saturated carbocycles. The number of anilines is 1. The smallest absolute Gasteiger partial charge is 0.210 e. The van der Waals surface area contributed by atoms with Crippen molar-refractivity contribution in [2.45, 2.75) is 6.04 Å². The standard InChI is InChI=1S/C17H11Cl2N5/c18-10-4-3-5-11(19)14(10)15-9(8-20)16(21)23-17-22-12-6-1-2-7-13(12)24(15)17/h1-7,15H,21H2,(H,22,23). The maximum absolute atomic E-state index is 9.66. The Bertz CT molecular complexity index is 1020. The van der Waals surface area contributed by atoms with Crippen LogP contribution >= 0.6 is 23.2 Å². The number of nitrogens with one attached hydrogen (secondary N) is 1. The molecule has 0 aliphatic carbocycles. The van der Waals surface area contributed by atoms with E-state index < -0.39 is 6.04 Å². The highest BCUT2D eigenvalue weighted by molar-refractivity contribution is 6.36. The van der Waals surface area contributed by atoms with Crippen LogP contribution < -0.4 is 11.1 Å². The SMILES string of the molecule is N#CC1=C(N)Nc2nc3ccccc3n2C1c1c(Cl)cccc1Cl. The Hall–Kier alpha value is -2.68. The van der Waals surface area contributed by atoms with Gasteiger partial charge in [0.05, 0.1) is 16.6 Å². The molecule has 24 heavy (non-hydrogen) atoms. The number of imidazole rings is 1. The number of nitrogens with zero attached hydrogens (tertiary/aromatic N) is 3. The van der Waals surface area contributed by atoms with Crippen LogP contribution in [0.25, 0.3) is 11.0 Å². The largest absolute Gasteiger partial charge is 0.384 e. The van der Waals surface area contributed by atoms with E-state index in [4.69, 9.17) is 28.9 Å². The number of para-hydroxylation sites is 2. The summed E-state index contributed by atoms with van der Waals surface area (Å²) >= 11 is 12.8. The average Bonchev–Trinajstić information content (AvgIpc) is 2.92. The summed E-state index contributed by atoms with van der Waals surface area (Å²) in [5, 5.41) is 13.6. The molecule has 7 heteroatoms. The molecule has 1 unspecified atom stereocenters. The van der Waals surface area contributed by atoms with Gasteiger partial charge in [0.15, 0.2) is 0 Å². The Morgan fingerprint density at radius 1 is 1.12 bits per heavy atom. The maximum Gasteiger partial charge on any atom is 0.210 e. The summed E-state index contributed by atoms with van der Waals surface area (Å²) in [5.74, 6) is 0.801. The minimum absolute atomic E-state index is 0.251. The third-order valence-corrected chi connectivity index (χ3v) is 4.72. The van der Waals surface area contributed by atoms with E-state index in [1.54, 1.807) is 18.2 Å². The summed E-state index contributed by atoms with van der Waals surface area (Å²) in [4.78, 5) is 4.55. The van der Waals surface area contributed by atoms with Crippen molar-refractivity contribution in [3.8, 4) is 6.07 Å². The average molecular weight is 356 g/mol. The van der Waals surface area contributed by atoms with Crippen LogP contribution in [0.5, 0.6) is 0 Å². The first-order valence-electron chi connectivity index (χ1n) is 7.19. The molecule has 3 aromatic rings. The van der Waals surface area contributed by atoms with Gasteiger partial charge in [-0.2, -0.15) is 5.26 Å². The van der Waals surface area contributed by atoms with E-state index in [1.807, 2.05) is 28.8 Å². The molecule has 1 atom stereocenters. The monoisotopic (exact) mass is 355 g/mol. The Morgan fingerprint density at radius 2 is 1.83 bits per heavy atom. The lowest BCUT2D eigenvalue weighted by Crippen LogP contribution is -2.28. The van der Waals surface area contributed by atoms with Crippen molar-refractivity contribution in [1.82, 2.24) is 9.55 Å². The van der Waals surface area contributed by atoms with Crippen molar-refractivity contribution in [3.63, 3.8) is 0 Å². The lowest BCUT2D eigenvalue weighted by molar-refractivity contribution is 0.681. The topological polar surface area (TPSA) is 79.7 Å². The number of rotatable bonds is 1. The number of hydrogen-bond donors (Lipinski definition) is 2. The fourth-order valence-electron chi connectivity index (χ4n) is 3.02. The number of halogens is 2. The third kappa shape index (κ3) is 2.04. The third-order valence-electron chi connectivity index (χ3n) is 4.06. The Morgan fingerprint density at radius 3 is 2.54 bits per heavy atom. The molecule has 0 saturated heterocycles. The van der Waals surface area contributed by atoms with Gasteiger partial charge in [0.1, 0.15) is 17.9 Å². The van der Waals surface area contributed by atoms with Crippen molar-refractivity contribution < 1.29 is 0 Å². The van der Waals surface area contributed by atoms with E-state index in [0.717, 1.165) is 11.0 Å². The van der Waals surface area contributed by atoms with Gasteiger partial charge in [-0.15, -0.1) is 0 Å². The molecule has 0 radical (unpaired) electrons. The highest BCUT2D eigenvalue weighted by Gasteiger charge is 2.33. The number of hydrogen-bond acceptors (Lipinski definition) is 4. The van der Waals surface area contributed by atoms with Crippen molar-refractivity contribution in [3.05, 3.63) is 69.5 Å². The van der Waals surface area contributed by atoms with Crippen LogP contribution in [0.15, 0.2) is 53.9 Å². The minimum atomic E-state index is -0.542. The minimum Gasteiger partial charge on any atom is -0.384 e. The van der Waals surface area contributed by atoms with Crippen LogP contribution in [0.2, 0.25) is 10.0 Å². The zero-order chi connectivity index (χ0) is 16.8. The highest BCUT2D eigenvalue weighted by atomic mass is 35.5. The predicted molar refractivity (Wildman–Crippen MR) is 94.8 cm³/mol. The molecule has 5 nitrogen and oxygen atoms in total. The quantitative estimate of drug-likeness (QED) is 0.689. The van der Waals surface area contributed by atoms with Crippen LogP contribution in [0.3, 0.4) is 0 Å². The first-order chi connectivity index (χ1) is 11.6. The zero-order valence-corrected chi connectivity index (χ0v) is 13.8. The molecule has 0 spiro atoms. The number of aromatic nitrogens is 2. The van der Waals surface area contributed by atoms with Gasteiger partial charge in [0.2, 0.25) is 5.95 Å². The Labute approximate surface area is 147 Å². The second kappa shape index (κ2) is 5.45. The molecule has 1 aromatic heterocycles. The summed E-state index contributed by atoms with van der Waals surface area (Å²) in [6.45, 7) is 0. The number of nitriles is 1. The second-order valence-corrected chi connectivity index (χ2v) is 6.21. The molecule has 1 aliphatic rings. The van der Waals surface area contributed by atoms with Gasteiger partial charge in [0, 0.05) is 15.6 Å². The van der Waals surface area contributed by atoms with E-state index >= 15 is 0 Å². The van der Waals surface area contributed by atoms with Crippen molar-refractivity contribution in [2.75, 3.05) is 5.32 Å². The highest BCUT2D eigenvalue weighted by Crippen LogP contribution is 2.42.